The van der Waals surface area contributed by atoms with Crippen LogP contribution in [-0.4, -0.2) is 25.8 Å². The van der Waals surface area contributed by atoms with Crippen molar-refractivity contribution in [2.45, 2.75) is 38.1 Å². The van der Waals surface area contributed by atoms with Crippen molar-refractivity contribution in [3.8, 4) is 11.4 Å². The van der Waals surface area contributed by atoms with Crippen molar-refractivity contribution in [3.63, 3.8) is 0 Å². The molecule has 1 atom stereocenters. The normalized spacial score (nSPS) is 12.2. The predicted octanol–water partition coefficient (Wildman–Crippen LogP) is 4.77. The number of hydrogen-bond acceptors (Lipinski definition) is 4. The van der Waals surface area contributed by atoms with Gasteiger partial charge in [-0.1, -0.05) is 53.7 Å². The lowest BCUT2D eigenvalue weighted by molar-refractivity contribution is 0.0993. The molecule has 1 aromatic heterocycles. The van der Waals surface area contributed by atoms with E-state index in [1.807, 2.05) is 68.8 Å². The molecule has 0 bridgehead atoms. The first kappa shape index (κ1) is 18.4. The van der Waals surface area contributed by atoms with Crippen molar-refractivity contribution in [2.24, 2.45) is 7.05 Å². The van der Waals surface area contributed by atoms with Crippen molar-refractivity contribution < 1.29 is 4.79 Å². The van der Waals surface area contributed by atoms with E-state index >= 15 is 0 Å². The SMILES string of the molecule is Cc1ccc(C)c(C(=O)[C@@H](C)Sc2nnc(-c3ccccc3C)n2C)c1. The third kappa shape index (κ3) is 3.58. The molecule has 134 valence electrons. The Bertz CT molecular complexity index is 962. The fraction of sp³-hybridized carbons (Fsp3) is 0.286. The van der Waals surface area contributed by atoms with E-state index in [4.69, 9.17) is 0 Å². The van der Waals surface area contributed by atoms with Crippen LogP contribution in [0.4, 0.5) is 0 Å². The van der Waals surface area contributed by atoms with Gasteiger partial charge < -0.3 is 4.57 Å². The molecule has 0 fully saturated rings. The molecule has 3 rings (SSSR count). The molecular formula is C21H23N3OS. The molecule has 0 radical (unpaired) electrons. The Labute approximate surface area is 158 Å². The molecular weight excluding hydrogens is 342 g/mol. The van der Waals surface area contributed by atoms with Crippen LogP contribution in [-0.2, 0) is 7.05 Å². The Balaban J connectivity index is 1.84. The molecule has 0 aliphatic heterocycles. The van der Waals surface area contributed by atoms with Crippen molar-refractivity contribution in [3.05, 3.63) is 64.7 Å². The van der Waals surface area contributed by atoms with Gasteiger partial charge in [-0.05, 0) is 44.9 Å². The quantitative estimate of drug-likeness (QED) is 0.483. The van der Waals surface area contributed by atoms with Crippen LogP contribution in [0.3, 0.4) is 0 Å². The van der Waals surface area contributed by atoms with Crippen molar-refractivity contribution in [1.82, 2.24) is 14.8 Å². The number of carbonyl (C=O) groups excluding carboxylic acids is 1. The monoisotopic (exact) mass is 365 g/mol. The van der Waals surface area contributed by atoms with Crippen molar-refractivity contribution >= 4 is 17.5 Å². The van der Waals surface area contributed by atoms with Gasteiger partial charge in [0.15, 0.2) is 16.8 Å². The summed E-state index contributed by atoms with van der Waals surface area (Å²) in [4.78, 5) is 12.9. The number of benzene rings is 2. The number of aryl methyl sites for hydroxylation is 3. The zero-order chi connectivity index (χ0) is 18.8. The van der Waals surface area contributed by atoms with Crippen LogP contribution in [0.25, 0.3) is 11.4 Å². The average Bonchev–Trinajstić information content (AvgIpc) is 2.97. The van der Waals surface area contributed by atoms with Crippen molar-refractivity contribution in [1.29, 1.82) is 0 Å². The summed E-state index contributed by atoms with van der Waals surface area (Å²) in [6.45, 7) is 7.97. The minimum absolute atomic E-state index is 0.122. The molecule has 0 amide bonds. The third-order valence-electron chi connectivity index (χ3n) is 4.53. The minimum Gasteiger partial charge on any atom is -0.305 e. The highest BCUT2D eigenvalue weighted by Gasteiger charge is 2.22. The van der Waals surface area contributed by atoms with E-state index < -0.39 is 0 Å². The maximum Gasteiger partial charge on any atom is 0.191 e. The summed E-state index contributed by atoms with van der Waals surface area (Å²) in [5, 5.41) is 9.17. The number of aromatic nitrogens is 3. The van der Waals surface area contributed by atoms with Gasteiger partial charge in [-0.2, -0.15) is 0 Å². The number of ketones is 1. The second-order valence-corrected chi connectivity index (χ2v) is 7.93. The molecule has 2 aromatic carbocycles. The molecule has 4 nitrogen and oxygen atoms in total. The largest absolute Gasteiger partial charge is 0.305 e. The number of Topliss-reactive ketones (excluding diaryl/α,β-unsaturated/α-hetero) is 1. The smallest absolute Gasteiger partial charge is 0.191 e. The Kier molecular flexibility index (Phi) is 5.28. The number of thioether (sulfide) groups is 1. The zero-order valence-electron chi connectivity index (χ0n) is 15.8. The van der Waals surface area contributed by atoms with Gasteiger partial charge in [0, 0.05) is 18.2 Å². The van der Waals surface area contributed by atoms with E-state index in [9.17, 15) is 4.79 Å². The van der Waals surface area contributed by atoms with Gasteiger partial charge in [0.25, 0.3) is 0 Å². The van der Waals surface area contributed by atoms with E-state index in [-0.39, 0.29) is 11.0 Å². The molecule has 0 saturated heterocycles. The standard InChI is InChI=1S/C21H23N3OS/c1-13-10-11-15(3)18(12-13)19(25)16(4)26-21-23-22-20(24(21)5)17-9-7-6-8-14(17)2/h6-12,16H,1-5H3/t16-/m1/s1. The maximum atomic E-state index is 12.9. The van der Waals surface area contributed by atoms with Gasteiger partial charge in [0.2, 0.25) is 0 Å². The molecule has 5 heteroatoms. The van der Waals surface area contributed by atoms with Crippen LogP contribution in [0.5, 0.6) is 0 Å². The topological polar surface area (TPSA) is 47.8 Å². The maximum absolute atomic E-state index is 12.9. The lowest BCUT2D eigenvalue weighted by Gasteiger charge is -2.12. The predicted molar refractivity (Wildman–Crippen MR) is 107 cm³/mol. The first-order valence-electron chi connectivity index (χ1n) is 8.62. The number of hydrogen-bond donors (Lipinski definition) is 0. The van der Waals surface area contributed by atoms with E-state index in [1.165, 1.54) is 11.8 Å². The lowest BCUT2D eigenvalue weighted by atomic mass is 10.0. The molecule has 26 heavy (non-hydrogen) atoms. The molecule has 1 heterocycles. The second kappa shape index (κ2) is 7.46. The van der Waals surface area contributed by atoms with Crippen LogP contribution in [0.2, 0.25) is 0 Å². The minimum atomic E-state index is -0.233. The van der Waals surface area contributed by atoms with Crippen LogP contribution in [0, 0.1) is 20.8 Å². The van der Waals surface area contributed by atoms with Crippen LogP contribution < -0.4 is 0 Å². The fourth-order valence-corrected chi connectivity index (χ4v) is 3.79. The average molecular weight is 366 g/mol. The Morgan fingerprint density at radius 3 is 2.50 bits per heavy atom. The first-order valence-corrected chi connectivity index (χ1v) is 9.50. The summed E-state index contributed by atoms with van der Waals surface area (Å²) in [5.74, 6) is 0.939. The number of nitrogens with zero attached hydrogens (tertiary/aromatic N) is 3. The highest BCUT2D eigenvalue weighted by Crippen LogP contribution is 2.29. The summed E-state index contributed by atoms with van der Waals surface area (Å²) in [7, 11) is 1.94. The van der Waals surface area contributed by atoms with Gasteiger partial charge in [0.05, 0.1) is 5.25 Å². The van der Waals surface area contributed by atoms with Crippen LogP contribution in [0.15, 0.2) is 47.6 Å². The molecule has 0 aliphatic rings. The Hall–Kier alpha value is -2.40. The van der Waals surface area contributed by atoms with Gasteiger partial charge in [-0.3, -0.25) is 4.79 Å². The van der Waals surface area contributed by atoms with Gasteiger partial charge >= 0.3 is 0 Å². The second-order valence-electron chi connectivity index (χ2n) is 6.62. The Morgan fingerprint density at radius 2 is 1.77 bits per heavy atom. The third-order valence-corrected chi connectivity index (χ3v) is 5.66. The zero-order valence-corrected chi connectivity index (χ0v) is 16.6. The van der Waals surface area contributed by atoms with E-state index in [2.05, 4.69) is 23.2 Å². The molecule has 3 aromatic rings. The van der Waals surface area contributed by atoms with Crippen molar-refractivity contribution in [2.75, 3.05) is 0 Å². The summed E-state index contributed by atoms with van der Waals surface area (Å²) in [5.41, 5.74) is 5.09. The summed E-state index contributed by atoms with van der Waals surface area (Å²) in [6, 6.07) is 14.1. The fourth-order valence-electron chi connectivity index (χ4n) is 2.91. The lowest BCUT2D eigenvalue weighted by Crippen LogP contribution is -2.16. The highest BCUT2D eigenvalue weighted by molar-refractivity contribution is 8.00. The number of rotatable bonds is 5. The van der Waals surface area contributed by atoms with Gasteiger partial charge in [-0.15, -0.1) is 10.2 Å². The molecule has 0 N–H and O–H groups in total. The highest BCUT2D eigenvalue weighted by atomic mass is 32.2. The first-order chi connectivity index (χ1) is 12.4. The summed E-state index contributed by atoms with van der Waals surface area (Å²) >= 11 is 1.45. The molecule has 0 unspecified atom stereocenters. The summed E-state index contributed by atoms with van der Waals surface area (Å²) < 4.78 is 1.96. The van der Waals surface area contributed by atoms with Crippen LogP contribution >= 0.6 is 11.8 Å². The molecule has 0 spiro atoms. The molecule has 0 aliphatic carbocycles. The van der Waals surface area contributed by atoms with Crippen LogP contribution in [0.1, 0.15) is 34.0 Å². The van der Waals surface area contributed by atoms with Gasteiger partial charge in [0.1, 0.15) is 0 Å². The number of carbonyl (C=O) groups is 1. The Morgan fingerprint density at radius 1 is 1.04 bits per heavy atom. The van der Waals surface area contributed by atoms with E-state index in [0.29, 0.717) is 0 Å². The van der Waals surface area contributed by atoms with Gasteiger partial charge in [-0.25, -0.2) is 0 Å². The molecule has 0 saturated carbocycles. The van der Waals surface area contributed by atoms with E-state index in [1.54, 1.807) is 0 Å². The summed E-state index contributed by atoms with van der Waals surface area (Å²) in [6.07, 6.45) is 0. The van der Waals surface area contributed by atoms with E-state index in [0.717, 1.165) is 38.8 Å².